The molecule has 2 aliphatic rings. The van der Waals surface area contributed by atoms with Crippen molar-refractivity contribution in [2.24, 2.45) is 5.10 Å². The van der Waals surface area contributed by atoms with E-state index in [0.717, 1.165) is 23.6 Å². The first-order chi connectivity index (χ1) is 14.8. The standard InChI is InChI=1S/C27H28N2O/c1-20-11-13-21(14-12-20)26-19-27(29(28-26)23-7-3-2-4-8-23)22-15-17-25(18-16-22)30-24-9-5-6-10-24/h2-4,7-8,11-18,24,27H,5-6,9-10,19H2,1H3. The smallest absolute Gasteiger partial charge is 0.119 e. The van der Waals surface area contributed by atoms with Gasteiger partial charge < -0.3 is 4.74 Å². The molecule has 3 aromatic rings. The molecule has 0 saturated heterocycles. The summed E-state index contributed by atoms with van der Waals surface area (Å²) in [6.07, 6.45) is 6.21. The van der Waals surface area contributed by atoms with Gasteiger partial charge in [-0.15, -0.1) is 0 Å². The van der Waals surface area contributed by atoms with Crippen molar-refractivity contribution in [3.63, 3.8) is 0 Å². The minimum absolute atomic E-state index is 0.184. The van der Waals surface area contributed by atoms with E-state index in [4.69, 9.17) is 9.84 Å². The van der Waals surface area contributed by atoms with Gasteiger partial charge in [0.05, 0.1) is 23.5 Å². The van der Waals surface area contributed by atoms with E-state index in [2.05, 4.69) is 84.7 Å². The summed E-state index contributed by atoms with van der Waals surface area (Å²) in [7, 11) is 0. The Morgan fingerprint density at radius 3 is 2.23 bits per heavy atom. The van der Waals surface area contributed by atoms with E-state index in [0.29, 0.717) is 6.10 Å². The van der Waals surface area contributed by atoms with Crippen LogP contribution in [0.25, 0.3) is 0 Å². The molecular weight excluding hydrogens is 368 g/mol. The van der Waals surface area contributed by atoms with Crippen LogP contribution in [0.15, 0.2) is 84.0 Å². The van der Waals surface area contributed by atoms with Crippen LogP contribution < -0.4 is 9.75 Å². The molecule has 0 amide bonds. The predicted octanol–water partition coefficient (Wildman–Crippen LogP) is 6.67. The van der Waals surface area contributed by atoms with Gasteiger partial charge in [0.15, 0.2) is 0 Å². The van der Waals surface area contributed by atoms with Crippen molar-refractivity contribution in [3.8, 4) is 5.75 Å². The first-order valence-electron chi connectivity index (χ1n) is 11.0. The Morgan fingerprint density at radius 2 is 1.53 bits per heavy atom. The highest BCUT2D eigenvalue weighted by molar-refractivity contribution is 6.03. The van der Waals surface area contributed by atoms with Crippen LogP contribution in [-0.4, -0.2) is 11.8 Å². The Morgan fingerprint density at radius 1 is 0.833 bits per heavy atom. The fourth-order valence-corrected chi connectivity index (χ4v) is 4.48. The normalized spacial score (nSPS) is 19.2. The lowest BCUT2D eigenvalue weighted by molar-refractivity contribution is 0.210. The average molecular weight is 397 g/mol. The van der Waals surface area contributed by atoms with Crippen molar-refractivity contribution < 1.29 is 4.74 Å². The number of hydrazone groups is 1. The van der Waals surface area contributed by atoms with Crippen molar-refractivity contribution in [1.82, 2.24) is 0 Å². The third-order valence-corrected chi connectivity index (χ3v) is 6.19. The predicted molar refractivity (Wildman–Crippen MR) is 123 cm³/mol. The Labute approximate surface area is 179 Å². The summed E-state index contributed by atoms with van der Waals surface area (Å²) in [5, 5.41) is 7.21. The van der Waals surface area contributed by atoms with Gasteiger partial charge in [-0.2, -0.15) is 5.10 Å². The molecule has 0 bridgehead atoms. The first-order valence-corrected chi connectivity index (χ1v) is 11.0. The van der Waals surface area contributed by atoms with Gasteiger partial charge in [0.1, 0.15) is 5.75 Å². The highest BCUT2D eigenvalue weighted by Crippen LogP contribution is 2.37. The van der Waals surface area contributed by atoms with Gasteiger partial charge in [-0.05, 0) is 68.0 Å². The number of hydrogen-bond donors (Lipinski definition) is 0. The second-order valence-electron chi connectivity index (χ2n) is 8.41. The minimum Gasteiger partial charge on any atom is -0.490 e. The Bertz CT molecular complexity index is 1000. The van der Waals surface area contributed by atoms with Gasteiger partial charge in [-0.3, -0.25) is 5.01 Å². The Hall–Kier alpha value is -3.07. The zero-order valence-corrected chi connectivity index (χ0v) is 17.5. The molecule has 152 valence electrons. The molecule has 0 N–H and O–H groups in total. The molecule has 30 heavy (non-hydrogen) atoms. The van der Waals surface area contributed by atoms with Gasteiger partial charge in [0, 0.05) is 6.42 Å². The molecule has 3 heteroatoms. The second kappa shape index (κ2) is 8.35. The minimum atomic E-state index is 0.184. The molecule has 3 nitrogen and oxygen atoms in total. The maximum atomic E-state index is 6.16. The fraction of sp³-hybridized carbons (Fsp3) is 0.296. The number of rotatable bonds is 5. The summed E-state index contributed by atoms with van der Waals surface area (Å²) in [6, 6.07) is 28.0. The van der Waals surface area contributed by atoms with E-state index >= 15 is 0 Å². The molecule has 1 atom stereocenters. The number of nitrogens with zero attached hydrogens (tertiary/aromatic N) is 2. The average Bonchev–Trinajstić information content (AvgIpc) is 3.46. The van der Waals surface area contributed by atoms with Crippen LogP contribution in [0.1, 0.15) is 54.8 Å². The molecule has 5 rings (SSSR count). The van der Waals surface area contributed by atoms with Gasteiger partial charge in [0.2, 0.25) is 0 Å². The van der Waals surface area contributed by atoms with Crippen LogP contribution in [0.2, 0.25) is 0 Å². The molecule has 0 aromatic heterocycles. The largest absolute Gasteiger partial charge is 0.490 e. The fourth-order valence-electron chi connectivity index (χ4n) is 4.48. The zero-order valence-electron chi connectivity index (χ0n) is 17.5. The maximum Gasteiger partial charge on any atom is 0.119 e. The highest BCUT2D eigenvalue weighted by Gasteiger charge is 2.30. The number of ether oxygens (including phenoxy) is 1. The van der Waals surface area contributed by atoms with Crippen molar-refractivity contribution >= 4 is 11.4 Å². The van der Waals surface area contributed by atoms with Crippen molar-refractivity contribution in [3.05, 3.63) is 95.6 Å². The van der Waals surface area contributed by atoms with Crippen LogP contribution >= 0.6 is 0 Å². The van der Waals surface area contributed by atoms with Crippen molar-refractivity contribution in [1.29, 1.82) is 0 Å². The first kappa shape index (κ1) is 18.9. The molecular formula is C27H28N2O. The Kier molecular flexibility index (Phi) is 5.27. The lowest BCUT2D eigenvalue weighted by atomic mass is 9.97. The summed E-state index contributed by atoms with van der Waals surface area (Å²) < 4.78 is 6.16. The van der Waals surface area contributed by atoms with E-state index in [-0.39, 0.29) is 6.04 Å². The summed E-state index contributed by atoms with van der Waals surface area (Å²) in [5.74, 6) is 0.981. The SMILES string of the molecule is Cc1ccc(C2=NN(c3ccccc3)C(c3ccc(OC4CCCC4)cc3)C2)cc1. The van der Waals surface area contributed by atoms with E-state index < -0.39 is 0 Å². The molecule has 1 fully saturated rings. The van der Waals surface area contributed by atoms with Crippen LogP contribution in [0.5, 0.6) is 5.75 Å². The lowest BCUT2D eigenvalue weighted by Gasteiger charge is -2.24. The zero-order chi connectivity index (χ0) is 20.3. The number of aryl methyl sites for hydroxylation is 1. The summed E-state index contributed by atoms with van der Waals surface area (Å²) >= 11 is 0. The van der Waals surface area contributed by atoms with Gasteiger partial charge in [0.25, 0.3) is 0 Å². The molecule has 1 unspecified atom stereocenters. The number of hydrogen-bond acceptors (Lipinski definition) is 3. The summed E-state index contributed by atoms with van der Waals surface area (Å²) in [5.41, 5.74) is 5.99. The molecule has 3 aromatic carbocycles. The quantitative estimate of drug-likeness (QED) is 0.481. The summed E-state index contributed by atoms with van der Waals surface area (Å²) in [4.78, 5) is 0. The van der Waals surface area contributed by atoms with Gasteiger partial charge >= 0.3 is 0 Å². The topological polar surface area (TPSA) is 24.8 Å². The monoisotopic (exact) mass is 396 g/mol. The van der Waals surface area contributed by atoms with E-state index in [1.807, 2.05) is 6.07 Å². The van der Waals surface area contributed by atoms with Crippen LogP contribution in [0.4, 0.5) is 5.69 Å². The third kappa shape index (κ3) is 3.97. The van der Waals surface area contributed by atoms with Crippen LogP contribution in [0.3, 0.4) is 0 Å². The molecule has 1 saturated carbocycles. The Balaban J connectivity index is 1.41. The van der Waals surface area contributed by atoms with Crippen molar-refractivity contribution in [2.75, 3.05) is 5.01 Å². The van der Waals surface area contributed by atoms with Gasteiger partial charge in [-0.25, -0.2) is 0 Å². The number of benzene rings is 3. The molecule has 1 aliphatic carbocycles. The molecule has 0 radical (unpaired) electrons. The van der Waals surface area contributed by atoms with Crippen molar-refractivity contribution in [2.45, 2.75) is 51.2 Å². The highest BCUT2D eigenvalue weighted by atomic mass is 16.5. The maximum absolute atomic E-state index is 6.16. The van der Waals surface area contributed by atoms with Crippen LogP contribution in [-0.2, 0) is 0 Å². The van der Waals surface area contributed by atoms with E-state index in [9.17, 15) is 0 Å². The second-order valence-corrected chi connectivity index (χ2v) is 8.41. The molecule has 0 spiro atoms. The third-order valence-electron chi connectivity index (χ3n) is 6.19. The lowest BCUT2D eigenvalue weighted by Crippen LogP contribution is -2.18. The van der Waals surface area contributed by atoms with Gasteiger partial charge in [-0.1, -0.05) is 60.2 Å². The molecule has 1 aliphatic heterocycles. The number of anilines is 1. The molecule has 1 heterocycles. The summed E-state index contributed by atoms with van der Waals surface area (Å²) in [6.45, 7) is 2.12. The number of para-hydroxylation sites is 1. The van der Waals surface area contributed by atoms with E-state index in [1.165, 1.54) is 42.4 Å². The van der Waals surface area contributed by atoms with E-state index in [1.54, 1.807) is 0 Å². The van der Waals surface area contributed by atoms with Crippen LogP contribution in [0, 0.1) is 6.92 Å².